The first-order valence-electron chi connectivity index (χ1n) is 4.81. The van der Waals surface area contributed by atoms with Gasteiger partial charge in [-0.1, -0.05) is 0 Å². The molecule has 1 heterocycles. The highest BCUT2D eigenvalue weighted by molar-refractivity contribution is 8.13. The van der Waals surface area contributed by atoms with Gasteiger partial charge in [-0.15, -0.1) is 0 Å². The fraction of sp³-hybridized carbons (Fsp3) is 0.300. The van der Waals surface area contributed by atoms with Gasteiger partial charge in [-0.25, -0.2) is 13.4 Å². The molecule has 0 saturated carbocycles. The quantitative estimate of drug-likeness (QED) is 0.778. The minimum Gasteiger partial charge on any atom is -0.328 e. The summed E-state index contributed by atoms with van der Waals surface area (Å²) >= 11 is 0. The van der Waals surface area contributed by atoms with Crippen molar-refractivity contribution in [1.29, 1.82) is 0 Å². The van der Waals surface area contributed by atoms with Gasteiger partial charge < -0.3 is 4.57 Å². The highest BCUT2D eigenvalue weighted by Crippen LogP contribution is 2.23. The van der Waals surface area contributed by atoms with Crippen molar-refractivity contribution in [2.75, 3.05) is 0 Å². The Morgan fingerprint density at radius 3 is 2.62 bits per heavy atom. The first kappa shape index (κ1) is 11.4. The number of nitrogens with zero attached hydrogens (tertiary/aromatic N) is 2. The molecule has 1 aromatic carbocycles. The van der Waals surface area contributed by atoms with Crippen LogP contribution in [0.5, 0.6) is 0 Å². The summed E-state index contributed by atoms with van der Waals surface area (Å²) in [5, 5.41) is 0. The van der Waals surface area contributed by atoms with E-state index in [4.69, 9.17) is 10.7 Å². The van der Waals surface area contributed by atoms with Gasteiger partial charge in [0.2, 0.25) is 0 Å². The van der Waals surface area contributed by atoms with Crippen molar-refractivity contribution in [3.63, 3.8) is 0 Å². The fourth-order valence-corrected chi connectivity index (χ4v) is 2.34. The molecule has 0 aliphatic carbocycles. The van der Waals surface area contributed by atoms with Crippen molar-refractivity contribution < 1.29 is 8.42 Å². The number of hydrogen-bond acceptors (Lipinski definition) is 3. The van der Waals surface area contributed by atoms with E-state index in [2.05, 4.69) is 4.98 Å². The predicted octanol–water partition coefficient (Wildman–Crippen LogP) is 2.54. The Morgan fingerprint density at radius 1 is 1.38 bits per heavy atom. The largest absolute Gasteiger partial charge is 0.328 e. The maximum atomic E-state index is 11.2. The second-order valence-electron chi connectivity index (χ2n) is 3.83. The predicted molar refractivity (Wildman–Crippen MR) is 63.2 cm³/mol. The van der Waals surface area contributed by atoms with Crippen molar-refractivity contribution >= 4 is 30.8 Å². The molecule has 0 amide bonds. The summed E-state index contributed by atoms with van der Waals surface area (Å²) in [7, 11) is 1.62. The van der Waals surface area contributed by atoms with Crippen molar-refractivity contribution in [2.45, 2.75) is 24.8 Å². The van der Waals surface area contributed by atoms with Crippen LogP contribution in [0.2, 0.25) is 0 Å². The topological polar surface area (TPSA) is 52.0 Å². The molecule has 1 aromatic heterocycles. The van der Waals surface area contributed by atoms with Gasteiger partial charge >= 0.3 is 0 Å². The number of fused-ring (bicyclic) bond motifs is 1. The molecule has 86 valence electrons. The molecule has 0 aliphatic rings. The maximum Gasteiger partial charge on any atom is 0.261 e. The van der Waals surface area contributed by atoms with E-state index in [1.165, 1.54) is 6.07 Å². The van der Waals surface area contributed by atoms with Crippen LogP contribution < -0.4 is 0 Å². The minimum absolute atomic E-state index is 0.101. The number of hydrogen-bond donors (Lipinski definition) is 0. The number of rotatable bonds is 2. The summed E-state index contributed by atoms with van der Waals surface area (Å²) in [6.45, 7) is 4.01. The fourth-order valence-electron chi connectivity index (χ4n) is 1.57. The summed E-state index contributed by atoms with van der Waals surface area (Å²) in [5.41, 5.74) is 1.54. The lowest BCUT2D eigenvalue weighted by molar-refractivity contribution is 0.608. The molecular formula is C10H11ClN2O2S. The second kappa shape index (κ2) is 3.75. The van der Waals surface area contributed by atoms with Crippen molar-refractivity contribution in [1.82, 2.24) is 9.55 Å². The van der Waals surface area contributed by atoms with Crippen LogP contribution in [0.15, 0.2) is 29.4 Å². The molecule has 16 heavy (non-hydrogen) atoms. The van der Waals surface area contributed by atoms with Crippen LogP contribution in [0.4, 0.5) is 0 Å². The molecule has 6 heteroatoms. The third kappa shape index (κ3) is 1.92. The molecule has 0 saturated heterocycles. The Morgan fingerprint density at radius 2 is 2.06 bits per heavy atom. The standard InChI is InChI=1S/C10H11ClN2O2S/c1-7(2)13-6-12-9-4-3-8(5-10(9)13)16(11,14)15/h3-7H,1-2H3. The van der Waals surface area contributed by atoms with Crippen LogP contribution in [0, 0.1) is 0 Å². The third-order valence-electron chi connectivity index (χ3n) is 2.38. The highest BCUT2D eigenvalue weighted by atomic mass is 35.7. The van der Waals surface area contributed by atoms with Gasteiger partial charge in [0.25, 0.3) is 9.05 Å². The first-order chi connectivity index (χ1) is 7.39. The average Bonchev–Trinajstić information content (AvgIpc) is 2.58. The SMILES string of the molecule is CC(C)n1cnc2ccc(S(=O)(=O)Cl)cc21. The summed E-state index contributed by atoms with van der Waals surface area (Å²) in [5.74, 6) is 0. The van der Waals surface area contributed by atoms with Gasteiger partial charge in [0, 0.05) is 16.7 Å². The number of imidazole rings is 1. The van der Waals surface area contributed by atoms with E-state index in [-0.39, 0.29) is 10.9 Å². The van der Waals surface area contributed by atoms with E-state index in [9.17, 15) is 8.42 Å². The van der Waals surface area contributed by atoms with Gasteiger partial charge in [-0.05, 0) is 32.0 Å². The zero-order valence-electron chi connectivity index (χ0n) is 8.88. The summed E-state index contributed by atoms with van der Waals surface area (Å²) in [4.78, 5) is 4.29. The summed E-state index contributed by atoms with van der Waals surface area (Å²) in [6.07, 6.45) is 1.69. The Hall–Kier alpha value is -1.07. The van der Waals surface area contributed by atoms with Gasteiger partial charge in [0.1, 0.15) is 0 Å². The molecule has 0 fully saturated rings. The van der Waals surface area contributed by atoms with Crippen molar-refractivity contribution in [2.24, 2.45) is 0 Å². The van der Waals surface area contributed by atoms with E-state index in [0.717, 1.165) is 11.0 Å². The van der Waals surface area contributed by atoms with Gasteiger partial charge in [-0.3, -0.25) is 0 Å². The van der Waals surface area contributed by atoms with Gasteiger partial charge in [-0.2, -0.15) is 0 Å². The molecule has 2 rings (SSSR count). The van der Waals surface area contributed by atoms with Gasteiger partial charge in [0.15, 0.2) is 0 Å². The van der Waals surface area contributed by atoms with E-state index >= 15 is 0 Å². The van der Waals surface area contributed by atoms with E-state index < -0.39 is 9.05 Å². The van der Waals surface area contributed by atoms with Crippen LogP contribution >= 0.6 is 10.7 Å². The number of aromatic nitrogens is 2. The van der Waals surface area contributed by atoms with Crippen LogP contribution in [0.1, 0.15) is 19.9 Å². The minimum atomic E-state index is -3.68. The molecule has 0 atom stereocenters. The average molecular weight is 259 g/mol. The Balaban J connectivity index is 2.73. The van der Waals surface area contributed by atoms with E-state index in [0.29, 0.717) is 0 Å². The lowest BCUT2D eigenvalue weighted by atomic mass is 10.3. The van der Waals surface area contributed by atoms with Crippen LogP contribution in [0.3, 0.4) is 0 Å². The van der Waals surface area contributed by atoms with Crippen LogP contribution in [-0.2, 0) is 9.05 Å². The zero-order chi connectivity index (χ0) is 11.9. The zero-order valence-corrected chi connectivity index (χ0v) is 10.5. The Labute approximate surface area is 98.3 Å². The molecule has 0 bridgehead atoms. The lowest BCUT2D eigenvalue weighted by Crippen LogP contribution is -1.99. The first-order valence-corrected chi connectivity index (χ1v) is 7.12. The molecule has 0 spiro atoms. The highest BCUT2D eigenvalue weighted by Gasteiger charge is 2.13. The van der Waals surface area contributed by atoms with Gasteiger partial charge in [0.05, 0.1) is 22.3 Å². The normalized spacial score (nSPS) is 12.5. The van der Waals surface area contributed by atoms with E-state index in [1.807, 2.05) is 18.4 Å². The monoisotopic (exact) mass is 258 g/mol. The maximum absolute atomic E-state index is 11.2. The van der Waals surface area contributed by atoms with Crippen LogP contribution in [-0.4, -0.2) is 18.0 Å². The molecular weight excluding hydrogens is 248 g/mol. The van der Waals surface area contributed by atoms with E-state index in [1.54, 1.807) is 18.5 Å². The third-order valence-corrected chi connectivity index (χ3v) is 3.74. The Bertz CT molecular complexity index is 631. The smallest absolute Gasteiger partial charge is 0.261 e. The number of benzene rings is 1. The van der Waals surface area contributed by atoms with Crippen molar-refractivity contribution in [3.8, 4) is 0 Å². The summed E-state index contributed by atoms with van der Waals surface area (Å²) < 4.78 is 24.3. The molecule has 0 aliphatic heterocycles. The molecule has 0 radical (unpaired) electrons. The Kier molecular flexibility index (Phi) is 2.67. The molecule has 4 nitrogen and oxygen atoms in total. The van der Waals surface area contributed by atoms with Crippen molar-refractivity contribution in [3.05, 3.63) is 24.5 Å². The molecule has 2 aromatic rings. The summed E-state index contributed by atoms with van der Waals surface area (Å²) in [6, 6.07) is 4.88. The van der Waals surface area contributed by atoms with Crippen LogP contribution in [0.25, 0.3) is 11.0 Å². The lowest BCUT2D eigenvalue weighted by Gasteiger charge is -2.07. The molecule has 0 unspecified atom stereocenters. The number of halogens is 1. The second-order valence-corrected chi connectivity index (χ2v) is 6.40. The molecule has 0 N–H and O–H groups in total.